The van der Waals surface area contributed by atoms with Gasteiger partial charge >= 0.3 is 5.97 Å². The molecule has 0 atom stereocenters. The normalized spacial score (nSPS) is 11.8. The van der Waals surface area contributed by atoms with Gasteiger partial charge in [-0.25, -0.2) is 14.8 Å². The van der Waals surface area contributed by atoms with Crippen molar-refractivity contribution in [3.63, 3.8) is 0 Å². The van der Waals surface area contributed by atoms with Crippen molar-refractivity contribution >= 4 is 33.1 Å². The highest BCUT2D eigenvalue weighted by molar-refractivity contribution is 9.10. The van der Waals surface area contributed by atoms with E-state index >= 15 is 0 Å². The molecule has 2 rings (SSSR count). The van der Waals surface area contributed by atoms with E-state index in [9.17, 15) is 4.79 Å². The third-order valence-electron chi connectivity index (χ3n) is 2.42. The molecule has 18 heavy (non-hydrogen) atoms. The summed E-state index contributed by atoms with van der Waals surface area (Å²) in [6, 6.07) is 0. The van der Waals surface area contributed by atoms with Gasteiger partial charge in [0.05, 0.1) is 17.8 Å². The second-order valence-electron chi connectivity index (χ2n) is 4.90. The first-order valence-corrected chi connectivity index (χ1v) is 6.17. The highest BCUT2D eigenvalue weighted by atomic mass is 79.9. The van der Waals surface area contributed by atoms with Gasteiger partial charge in [-0.05, 0) is 15.9 Å². The monoisotopic (exact) mass is 312 g/mol. The molecular weight excluding hydrogens is 300 g/mol. The average molecular weight is 313 g/mol. The van der Waals surface area contributed by atoms with Crippen LogP contribution in [0.5, 0.6) is 0 Å². The first-order chi connectivity index (χ1) is 8.34. The van der Waals surface area contributed by atoms with Crippen LogP contribution in [0.2, 0.25) is 0 Å². The number of aromatic nitrogens is 2. The number of furan rings is 1. The Morgan fingerprint density at radius 1 is 1.44 bits per heavy atom. The molecule has 0 fully saturated rings. The van der Waals surface area contributed by atoms with Gasteiger partial charge in [0.25, 0.3) is 0 Å². The molecule has 0 saturated carbocycles. The van der Waals surface area contributed by atoms with Crippen LogP contribution in [0.25, 0.3) is 11.2 Å². The van der Waals surface area contributed by atoms with E-state index in [4.69, 9.17) is 4.42 Å². The summed E-state index contributed by atoms with van der Waals surface area (Å²) in [7, 11) is 1.30. The Balaban J connectivity index is 2.64. The van der Waals surface area contributed by atoms with Crippen LogP contribution < -0.4 is 0 Å². The van der Waals surface area contributed by atoms with Crippen molar-refractivity contribution in [2.75, 3.05) is 7.11 Å². The summed E-state index contributed by atoms with van der Waals surface area (Å²) >= 11 is 3.44. The maximum atomic E-state index is 11.4. The number of nitrogens with zero attached hydrogens (tertiary/aromatic N) is 2. The fourth-order valence-electron chi connectivity index (χ4n) is 1.53. The summed E-state index contributed by atoms with van der Waals surface area (Å²) in [6.07, 6.45) is 1.34. The van der Waals surface area contributed by atoms with Crippen molar-refractivity contribution in [3.8, 4) is 0 Å². The average Bonchev–Trinajstić information content (AvgIpc) is 2.65. The zero-order valence-electron chi connectivity index (χ0n) is 10.6. The summed E-state index contributed by atoms with van der Waals surface area (Å²) in [5.41, 5.74) is 0.918. The lowest BCUT2D eigenvalue weighted by molar-refractivity contribution is 0.0594. The predicted octanol–water partition coefficient (Wildman–Crippen LogP) is 3.07. The van der Waals surface area contributed by atoms with Gasteiger partial charge in [0, 0.05) is 5.41 Å². The number of halogens is 1. The van der Waals surface area contributed by atoms with Crippen molar-refractivity contribution in [2.24, 2.45) is 0 Å². The molecule has 0 radical (unpaired) electrons. The van der Waals surface area contributed by atoms with E-state index in [1.807, 2.05) is 20.8 Å². The third kappa shape index (κ3) is 2.12. The minimum atomic E-state index is -0.519. The molecule has 0 N–H and O–H groups in total. The van der Waals surface area contributed by atoms with Crippen molar-refractivity contribution in [1.29, 1.82) is 0 Å². The topological polar surface area (TPSA) is 65.2 Å². The molecule has 2 heterocycles. The van der Waals surface area contributed by atoms with Gasteiger partial charge in [0.2, 0.25) is 5.71 Å². The van der Waals surface area contributed by atoms with E-state index in [0.29, 0.717) is 11.2 Å². The highest BCUT2D eigenvalue weighted by Gasteiger charge is 2.26. The van der Waals surface area contributed by atoms with Crippen LogP contribution in [-0.2, 0) is 10.2 Å². The van der Waals surface area contributed by atoms with Gasteiger partial charge in [0.1, 0.15) is 11.3 Å². The van der Waals surface area contributed by atoms with Crippen LogP contribution in [0.4, 0.5) is 0 Å². The second-order valence-corrected chi connectivity index (χ2v) is 5.69. The van der Waals surface area contributed by atoms with E-state index in [1.165, 1.54) is 13.3 Å². The number of hydrogen-bond acceptors (Lipinski definition) is 5. The van der Waals surface area contributed by atoms with E-state index in [1.54, 1.807) is 0 Å². The maximum absolute atomic E-state index is 11.4. The maximum Gasteiger partial charge on any atom is 0.358 e. The zero-order chi connectivity index (χ0) is 13.5. The zero-order valence-corrected chi connectivity index (χ0v) is 12.2. The summed E-state index contributed by atoms with van der Waals surface area (Å²) in [5.74, 6) is 0.231. The highest BCUT2D eigenvalue weighted by Crippen LogP contribution is 2.36. The Morgan fingerprint density at radius 3 is 2.67 bits per heavy atom. The lowest BCUT2D eigenvalue weighted by atomic mass is 9.93. The standard InChI is InChI=1S/C12H13BrN2O3/c1-12(2,3)9-7(13)8-10(18-9)14-5-6(15-8)11(16)17-4/h5H,1-4H3. The molecule has 0 aliphatic rings. The number of ether oxygens (including phenoxy) is 1. The van der Waals surface area contributed by atoms with Crippen molar-refractivity contribution in [1.82, 2.24) is 9.97 Å². The SMILES string of the molecule is COC(=O)c1cnc2oc(C(C)(C)C)c(Br)c2n1. The molecule has 2 aromatic rings. The fraction of sp³-hybridized carbons (Fsp3) is 0.417. The van der Waals surface area contributed by atoms with Crippen molar-refractivity contribution < 1.29 is 13.9 Å². The van der Waals surface area contributed by atoms with Crippen molar-refractivity contribution in [2.45, 2.75) is 26.2 Å². The molecule has 2 aromatic heterocycles. The Bertz CT molecular complexity index is 614. The fourth-order valence-corrected chi connectivity index (χ4v) is 2.46. The Kier molecular flexibility index (Phi) is 3.14. The van der Waals surface area contributed by atoms with Gasteiger partial charge in [-0.3, -0.25) is 0 Å². The van der Waals surface area contributed by atoms with Crippen molar-refractivity contribution in [3.05, 3.63) is 22.1 Å². The van der Waals surface area contributed by atoms with E-state index < -0.39 is 5.97 Å². The quantitative estimate of drug-likeness (QED) is 0.757. The minimum absolute atomic E-state index is 0.159. The molecule has 0 amide bonds. The van der Waals surface area contributed by atoms with Gasteiger partial charge < -0.3 is 9.15 Å². The lowest BCUT2D eigenvalue weighted by Crippen LogP contribution is -2.10. The minimum Gasteiger partial charge on any atom is -0.464 e. The first kappa shape index (κ1) is 13.0. The molecule has 0 unspecified atom stereocenters. The Labute approximate surface area is 113 Å². The molecule has 5 nitrogen and oxygen atoms in total. The van der Waals surface area contributed by atoms with Crippen LogP contribution in [-0.4, -0.2) is 23.0 Å². The largest absolute Gasteiger partial charge is 0.464 e. The number of esters is 1. The Morgan fingerprint density at radius 2 is 2.11 bits per heavy atom. The number of fused-ring (bicyclic) bond motifs is 1. The van der Waals surface area contributed by atoms with Gasteiger partial charge in [-0.2, -0.15) is 0 Å². The smallest absolute Gasteiger partial charge is 0.358 e. The van der Waals surface area contributed by atoms with Crippen LogP contribution in [0, 0.1) is 0 Å². The van der Waals surface area contributed by atoms with Gasteiger partial charge in [-0.1, -0.05) is 20.8 Å². The van der Waals surface area contributed by atoms with Gasteiger partial charge in [-0.15, -0.1) is 0 Å². The molecular formula is C12H13BrN2O3. The van der Waals surface area contributed by atoms with E-state index in [0.717, 1.165) is 10.2 Å². The third-order valence-corrected chi connectivity index (χ3v) is 3.16. The summed E-state index contributed by atoms with van der Waals surface area (Å²) < 4.78 is 11.0. The number of carbonyl (C=O) groups excluding carboxylic acids is 1. The lowest BCUT2D eigenvalue weighted by Gasteiger charge is -2.14. The summed E-state index contributed by atoms with van der Waals surface area (Å²) in [4.78, 5) is 19.7. The van der Waals surface area contributed by atoms with Crippen LogP contribution in [0.15, 0.2) is 15.1 Å². The summed E-state index contributed by atoms with van der Waals surface area (Å²) in [5, 5.41) is 0. The van der Waals surface area contributed by atoms with E-state index in [2.05, 4.69) is 30.6 Å². The predicted molar refractivity (Wildman–Crippen MR) is 69.5 cm³/mol. The van der Waals surface area contributed by atoms with Crippen LogP contribution in [0.1, 0.15) is 37.0 Å². The molecule has 0 spiro atoms. The molecule has 0 aliphatic heterocycles. The number of carbonyl (C=O) groups is 1. The Hall–Kier alpha value is -1.43. The first-order valence-electron chi connectivity index (χ1n) is 5.38. The van der Waals surface area contributed by atoms with Crippen LogP contribution >= 0.6 is 15.9 Å². The molecule has 0 aromatic carbocycles. The number of methoxy groups -OCH3 is 1. The van der Waals surface area contributed by atoms with Crippen LogP contribution in [0.3, 0.4) is 0 Å². The molecule has 0 bridgehead atoms. The molecule has 0 saturated heterocycles. The number of rotatable bonds is 1. The van der Waals surface area contributed by atoms with E-state index in [-0.39, 0.29) is 11.1 Å². The molecule has 6 heteroatoms. The second kappa shape index (κ2) is 4.35. The molecule has 0 aliphatic carbocycles. The number of hydrogen-bond donors (Lipinski definition) is 0. The summed E-state index contributed by atoms with van der Waals surface area (Å²) in [6.45, 7) is 6.07. The van der Waals surface area contributed by atoms with Gasteiger partial charge in [0.15, 0.2) is 5.69 Å². The molecule has 96 valence electrons.